The van der Waals surface area contributed by atoms with Crippen LogP contribution < -0.4 is 5.73 Å². The van der Waals surface area contributed by atoms with Crippen LogP contribution in [0.2, 0.25) is 0 Å². The topological polar surface area (TPSA) is 26.0 Å². The highest BCUT2D eigenvalue weighted by Gasteiger charge is 2.22. The molecule has 0 aromatic heterocycles. The van der Waals surface area contributed by atoms with Gasteiger partial charge in [0.15, 0.2) is 0 Å². The highest BCUT2D eigenvalue weighted by Crippen LogP contribution is 2.22. The number of aryl methyl sites for hydroxylation is 1. The van der Waals surface area contributed by atoms with Crippen LogP contribution in [0.25, 0.3) is 0 Å². The zero-order valence-corrected chi connectivity index (χ0v) is 10.7. The molecule has 0 radical (unpaired) electrons. The molecule has 0 fully saturated rings. The molecular formula is C15H25N. The molecule has 0 heterocycles. The fourth-order valence-electron chi connectivity index (χ4n) is 2.41. The highest BCUT2D eigenvalue weighted by molar-refractivity contribution is 5.15. The zero-order chi connectivity index (χ0) is 11.9. The van der Waals surface area contributed by atoms with Crippen LogP contribution in [0.15, 0.2) is 30.3 Å². The molecule has 1 aromatic carbocycles. The first kappa shape index (κ1) is 13.2. The Hall–Kier alpha value is -0.820. The summed E-state index contributed by atoms with van der Waals surface area (Å²) in [6, 6.07) is 10.7. The molecule has 1 aromatic rings. The molecule has 0 spiro atoms. The number of rotatable bonds is 7. The highest BCUT2D eigenvalue weighted by atomic mass is 14.7. The Morgan fingerprint density at radius 3 is 2.00 bits per heavy atom. The van der Waals surface area contributed by atoms with Gasteiger partial charge in [-0.2, -0.15) is 0 Å². The van der Waals surface area contributed by atoms with Crippen LogP contribution in [-0.4, -0.2) is 5.54 Å². The predicted molar refractivity (Wildman–Crippen MR) is 71.5 cm³/mol. The van der Waals surface area contributed by atoms with Crippen molar-refractivity contribution in [3.63, 3.8) is 0 Å². The molecule has 0 amide bonds. The summed E-state index contributed by atoms with van der Waals surface area (Å²) in [5, 5.41) is 0. The maximum absolute atomic E-state index is 6.47. The monoisotopic (exact) mass is 219 g/mol. The smallest absolute Gasteiger partial charge is 0.0157 e. The van der Waals surface area contributed by atoms with Crippen LogP contribution >= 0.6 is 0 Å². The molecule has 1 nitrogen and oxygen atoms in total. The number of hydrogen-bond donors (Lipinski definition) is 1. The van der Waals surface area contributed by atoms with Gasteiger partial charge in [0.05, 0.1) is 0 Å². The summed E-state index contributed by atoms with van der Waals surface area (Å²) in [7, 11) is 0. The Morgan fingerprint density at radius 2 is 1.50 bits per heavy atom. The second kappa shape index (κ2) is 6.70. The van der Waals surface area contributed by atoms with Crippen molar-refractivity contribution in [1.29, 1.82) is 0 Å². The maximum Gasteiger partial charge on any atom is 0.0157 e. The first-order valence-corrected chi connectivity index (χ1v) is 6.53. The van der Waals surface area contributed by atoms with Gasteiger partial charge in [0.25, 0.3) is 0 Å². The lowest BCUT2D eigenvalue weighted by atomic mass is 9.84. The summed E-state index contributed by atoms with van der Waals surface area (Å²) in [5.41, 5.74) is 7.93. The lowest BCUT2D eigenvalue weighted by molar-refractivity contribution is 0.333. The van der Waals surface area contributed by atoms with Crippen molar-refractivity contribution >= 4 is 0 Å². The fourth-order valence-corrected chi connectivity index (χ4v) is 2.41. The zero-order valence-electron chi connectivity index (χ0n) is 10.7. The third-order valence-electron chi connectivity index (χ3n) is 3.25. The summed E-state index contributed by atoms with van der Waals surface area (Å²) in [4.78, 5) is 0. The van der Waals surface area contributed by atoms with E-state index in [1.54, 1.807) is 0 Å². The summed E-state index contributed by atoms with van der Waals surface area (Å²) in [6.45, 7) is 4.44. The normalized spacial score (nSPS) is 11.7. The Labute approximate surface area is 100 Å². The van der Waals surface area contributed by atoms with Crippen molar-refractivity contribution < 1.29 is 0 Å². The lowest BCUT2D eigenvalue weighted by Gasteiger charge is -2.29. The van der Waals surface area contributed by atoms with Crippen LogP contribution in [0, 0.1) is 0 Å². The van der Waals surface area contributed by atoms with Gasteiger partial charge in [-0.3, -0.25) is 0 Å². The largest absolute Gasteiger partial charge is 0.325 e. The Bertz CT molecular complexity index is 273. The van der Waals surface area contributed by atoms with Gasteiger partial charge in [0.2, 0.25) is 0 Å². The Kier molecular flexibility index (Phi) is 5.54. The summed E-state index contributed by atoms with van der Waals surface area (Å²) in [6.07, 6.45) is 6.88. The van der Waals surface area contributed by atoms with Crippen LogP contribution in [0.5, 0.6) is 0 Å². The van der Waals surface area contributed by atoms with E-state index in [1.807, 2.05) is 0 Å². The quantitative estimate of drug-likeness (QED) is 0.739. The van der Waals surface area contributed by atoms with E-state index in [-0.39, 0.29) is 5.54 Å². The van der Waals surface area contributed by atoms with Crippen molar-refractivity contribution in [2.75, 3.05) is 0 Å². The Balaban J connectivity index is 2.49. The SMILES string of the molecule is CCCC(N)(CCC)CCc1ccccc1. The molecule has 0 aliphatic rings. The molecule has 16 heavy (non-hydrogen) atoms. The van der Waals surface area contributed by atoms with Crippen molar-refractivity contribution in [3.05, 3.63) is 35.9 Å². The fraction of sp³-hybridized carbons (Fsp3) is 0.600. The van der Waals surface area contributed by atoms with Gasteiger partial charge in [0, 0.05) is 5.54 Å². The minimum absolute atomic E-state index is 0.0549. The van der Waals surface area contributed by atoms with Gasteiger partial charge in [-0.25, -0.2) is 0 Å². The second-order valence-corrected chi connectivity index (χ2v) is 4.85. The van der Waals surface area contributed by atoms with Gasteiger partial charge < -0.3 is 5.73 Å². The molecule has 0 atom stereocenters. The summed E-state index contributed by atoms with van der Waals surface area (Å²) >= 11 is 0. The Morgan fingerprint density at radius 1 is 0.938 bits per heavy atom. The van der Waals surface area contributed by atoms with Crippen molar-refractivity contribution in [2.24, 2.45) is 5.73 Å². The average molecular weight is 219 g/mol. The van der Waals surface area contributed by atoms with Gasteiger partial charge in [-0.05, 0) is 31.2 Å². The summed E-state index contributed by atoms with van der Waals surface area (Å²) < 4.78 is 0. The molecule has 0 aliphatic heterocycles. The van der Waals surface area contributed by atoms with Gasteiger partial charge in [-0.15, -0.1) is 0 Å². The number of benzene rings is 1. The van der Waals surface area contributed by atoms with Crippen LogP contribution in [0.1, 0.15) is 51.5 Å². The average Bonchev–Trinajstić information content (AvgIpc) is 2.29. The second-order valence-electron chi connectivity index (χ2n) is 4.85. The predicted octanol–water partition coefficient (Wildman–Crippen LogP) is 3.92. The molecule has 1 rings (SSSR count). The minimum atomic E-state index is 0.0549. The van der Waals surface area contributed by atoms with E-state index in [9.17, 15) is 0 Å². The lowest BCUT2D eigenvalue weighted by Crippen LogP contribution is -2.40. The first-order valence-electron chi connectivity index (χ1n) is 6.53. The van der Waals surface area contributed by atoms with Crippen LogP contribution in [0.4, 0.5) is 0 Å². The van der Waals surface area contributed by atoms with E-state index in [0.29, 0.717) is 0 Å². The summed E-state index contributed by atoms with van der Waals surface area (Å²) in [5.74, 6) is 0. The van der Waals surface area contributed by atoms with E-state index < -0.39 is 0 Å². The van der Waals surface area contributed by atoms with E-state index in [1.165, 1.54) is 18.4 Å². The van der Waals surface area contributed by atoms with E-state index in [0.717, 1.165) is 25.7 Å². The number of hydrogen-bond acceptors (Lipinski definition) is 1. The van der Waals surface area contributed by atoms with Gasteiger partial charge in [-0.1, -0.05) is 57.0 Å². The van der Waals surface area contributed by atoms with E-state index in [2.05, 4.69) is 44.2 Å². The maximum atomic E-state index is 6.47. The molecule has 2 N–H and O–H groups in total. The third-order valence-corrected chi connectivity index (χ3v) is 3.25. The number of nitrogens with two attached hydrogens (primary N) is 1. The van der Waals surface area contributed by atoms with Crippen molar-refractivity contribution in [1.82, 2.24) is 0 Å². The molecule has 1 heteroatoms. The molecule has 0 bridgehead atoms. The minimum Gasteiger partial charge on any atom is -0.325 e. The molecule has 0 saturated carbocycles. The van der Waals surface area contributed by atoms with Crippen LogP contribution in [-0.2, 0) is 6.42 Å². The van der Waals surface area contributed by atoms with Crippen molar-refractivity contribution in [2.45, 2.75) is 57.9 Å². The van der Waals surface area contributed by atoms with Crippen molar-refractivity contribution in [3.8, 4) is 0 Å². The van der Waals surface area contributed by atoms with Gasteiger partial charge in [0.1, 0.15) is 0 Å². The first-order chi connectivity index (χ1) is 7.70. The van der Waals surface area contributed by atoms with Gasteiger partial charge >= 0.3 is 0 Å². The van der Waals surface area contributed by atoms with Crippen LogP contribution in [0.3, 0.4) is 0 Å². The van der Waals surface area contributed by atoms with E-state index in [4.69, 9.17) is 5.73 Å². The molecular weight excluding hydrogens is 194 g/mol. The van der Waals surface area contributed by atoms with E-state index >= 15 is 0 Å². The third kappa shape index (κ3) is 4.36. The standard InChI is InChI=1S/C15H25N/c1-3-11-15(16,12-4-2)13-10-14-8-6-5-7-9-14/h5-9H,3-4,10-13,16H2,1-2H3. The molecule has 0 aliphatic carbocycles. The molecule has 0 saturated heterocycles. The molecule has 0 unspecified atom stereocenters. The molecule has 90 valence electrons.